The maximum Gasteiger partial charge on any atom is 0.267 e. The summed E-state index contributed by atoms with van der Waals surface area (Å²) in [6.07, 6.45) is 2.67. The van der Waals surface area contributed by atoms with E-state index in [-0.39, 0.29) is 17.6 Å². The number of piperidine rings is 1. The van der Waals surface area contributed by atoms with Crippen LogP contribution in [0.1, 0.15) is 29.8 Å². The summed E-state index contributed by atoms with van der Waals surface area (Å²) in [5.41, 5.74) is 11.8. The van der Waals surface area contributed by atoms with Gasteiger partial charge in [-0.15, -0.1) is 0 Å². The zero-order valence-electron chi connectivity index (χ0n) is 11.4. The van der Waals surface area contributed by atoms with Gasteiger partial charge in [0.2, 0.25) is 5.91 Å². The Morgan fingerprint density at radius 2 is 2.15 bits per heavy atom. The maximum absolute atomic E-state index is 12.0. The highest BCUT2D eigenvalue weighted by atomic mass is 16.2. The van der Waals surface area contributed by atoms with Gasteiger partial charge < -0.3 is 21.7 Å². The Kier molecular flexibility index (Phi) is 4.07. The highest BCUT2D eigenvalue weighted by molar-refractivity contribution is 5.92. The predicted octanol–water partition coefficient (Wildman–Crippen LogP) is -0.132. The number of hydrogen-bond donors (Lipinski definition) is 3. The SMILES string of the molecule is CNC(=O)C1CCCCN1c1nc(C(N)=O)ccc1N. The second-order valence-electron chi connectivity index (χ2n) is 4.79. The lowest BCUT2D eigenvalue weighted by molar-refractivity contribution is -0.122. The highest BCUT2D eigenvalue weighted by Gasteiger charge is 2.30. The number of nitrogen functional groups attached to an aromatic ring is 1. The van der Waals surface area contributed by atoms with Crippen molar-refractivity contribution in [1.82, 2.24) is 10.3 Å². The molecule has 2 rings (SSSR count). The summed E-state index contributed by atoms with van der Waals surface area (Å²) < 4.78 is 0. The molecule has 0 bridgehead atoms. The third-order valence-electron chi connectivity index (χ3n) is 3.48. The Morgan fingerprint density at radius 1 is 1.40 bits per heavy atom. The zero-order valence-corrected chi connectivity index (χ0v) is 11.4. The van der Waals surface area contributed by atoms with E-state index in [0.717, 1.165) is 19.3 Å². The van der Waals surface area contributed by atoms with Gasteiger partial charge in [0.1, 0.15) is 11.7 Å². The van der Waals surface area contributed by atoms with E-state index in [2.05, 4.69) is 10.3 Å². The smallest absolute Gasteiger partial charge is 0.267 e. The quantitative estimate of drug-likeness (QED) is 0.712. The van der Waals surface area contributed by atoms with E-state index < -0.39 is 5.91 Å². The molecule has 0 saturated carbocycles. The van der Waals surface area contributed by atoms with Crippen LogP contribution in [0, 0.1) is 0 Å². The van der Waals surface area contributed by atoms with Crippen LogP contribution in [-0.2, 0) is 4.79 Å². The largest absolute Gasteiger partial charge is 0.396 e. The number of nitrogens with one attached hydrogen (secondary N) is 1. The molecule has 7 nitrogen and oxygen atoms in total. The molecule has 20 heavy (non-hydrogen) atoms. The maximum atomic E-state index is 12.0. The van der Waals surface area contributed by atoms with Crippen LogP contribution in [0.25, 0.3) is 0 Å². The molecule has 0 radical (unpaired) electrons. The Balaban J connectivity index is 2.39. The molecule has 0 spiro atoms. The molecular weight excluding hydrogens is 258 g/mol. The van der Waals surface area contributed by atoms with E-state index >= 15 is 0 Å². The summed E-state index contributed by atoms with van der Waals surface area (Å²) in [7, 11) is 1.60. The van der Waals surface area contributed by atoms with Crippen LogP contribution in [-0.4, -0.2) is 36.4 Å². The first-order valence-electron chi connectivity index (χ1n) is 6.59. The number of pyridine rings is 1. The van der Waals surface area contributed by atoms with Crippen LogP contribution >= 0.6 is 0 Å². The monoisotopic (exact) mass is 277 g/mol. The number of rotatable bonds is 3. The summed E-state index contributed by atoms with van der Waals surface area (Å²) in [4.78, 5) is 29.3. The molecule has 7 heteroatoms. The molecule has 1 aromatic rings. The number of amides is 2. The Hall–Kier alpha value is -2.31. The third-order valence-corrected chi connectivity index (χ3v) is 3.48. The van der Waals surface area contributed by atoms with Crippen molar-refractivity contribution in [3.05, 3.63) is 17.8 Å². The molecule has 1 aromatic heterocycles. The van der Waals surface area contributed by atoms with E-state index in [4.69, 9.17) is 11.5 Å². The van der Waals surface area contributed by atoms with E-state index in [0.29, 0.717) is 18.1 Å². The van der Waals surface area contributed by atoms with Gasteiger partial charge in [0, 0.05) is 13.6 Å². The lowest BCUT2D eigenvalue weighted by atomic mass is 10.0. The molecule has 1 fully saturated rings. The zero-order chi connectivity index (χ0) is 14.7. The van der Waals surface area contributed by atoms with Crippen molar-refractivity contribution < 1.29 is 9.59 Å². The van der Waals surface area contributed by atoms with E-state index in [1.165, 1.54) is 6.07 Å². The number of carbonyl (C=O) groups is 2. The number of nitrogens with zero attached hydrogens (tertiary/aromatic N) is 2. The van der Waals surface area contributed by atoms with Gasteiger partial charge in [0.05, 0.1) is 5.69 Å². The molecule has 0 aromatic carbocycles. The molecule has 1 unspecified atom stereocenters. The fourth-order valence-electron chi connectivity index (χ4n) is 2.45. The number of nitrogens with two attached hydrogens (primary N) is 2. The van der Waals surface area contributed by atoms with Crippen LogP contribution in [0.4, 0.5) is 11.5 Å². The lowest BCUT2D eigenvalue weighted by Crippen LogP contribution is -2.49. The van der Waals surface area contributed by atoms with Gasteiger partial charge in [0.25, 0.3) is 5.91 Å². The molecule has 1 saturated heterocycles. The van der Waals surface area contributed by atoms with E-state index in [1.54, 1.807) is 13.1 Å². The van der Waals surface area contributed by atoms with Crippen LogP contribution in [0.3, 0.4) is 0 Å². The molecule has 2 amide bonds. The van der Waals surface area contributed by atoms with Gasteiger partial charge in [-0.05, 0) is 31.4 Å². The number of anilines is 2. The second-order valence-corrected chi connectivity index (χ2v) is 4.79. The van der Waals surface area contributed by atoms with E-state index in [1.807, 2.05) is 4.90 Å². The van der Waals surface area contributed by atoms with Gasteiger partial charge in [-0.2, -0.15) is 0 Å². The van der Waals surface area contributed by atoms with Crippen molar-refractivity contribution in [1.29, 1.82) is 0 Å². The van der Waals surface area contributed by atoms with Crippen molar-refractivity contribution >= 4 is 23.3 Å². The van der Waals surface area contributed by atoms with Crippen molar-refractivity contribution in [2.24, 2.45) is 5.73 Å². The fourth-order valence-corrected chi connectivity index (χ4v) is 2.45. The van der Waals surface area contributed by atoms with Crippen molar-refractivity contribution in [3.8, 4) is 0 Å². The minimum atomic E-state index is -0.611. The number of carbonyl (C=O) groups excluding carboxylic acids is 2. The molecular formula is C13H19N5O2. The van der Waals surface area contributed by atoms with Gasteiger partial charge in [-0.3, -0.25) is 9.59 Å². The van der Waals surface area contributed by atoms with Crippen LogP contribution < -0.4 is 21.7 Å². The number of aromatic nitrogens is 1. The predicted molar refractivity (Wildman–Crippen MR) is 76.2 cm³/mol. The van der Waals surface area contributed by atoms with Crippen LogP contribution in [0.2, 0.25) is 0 Å². The van der Waals surface area contributed by atoms with Gasteiger partial charge in [-0.25, -0.2) is 4.98 Å². The van der Waals surface area contributed by atoms with Gasteiger partial charge in [0.15, 0.2) is 5.82 Å². The standard InChI is InChI=1S/C13H19N5O2/c1-16-13(20)10-4-2-3-7-18(10)12-8(14)5-6-9(17-12)11(15)19/h5-6,10H,2-4,7,14H2,1H3,(H2,15,19)(H,16,20). The van der Waals surface area contributed by atoms with Crippen molar-refractivity contribution in [2.45, 2.75) is 25.3 Å². The van der Waals surface area contributed by atoms with Crippen molar-refractivity contribution in [2.75, 3.05) is 24.2 Å². The second kappa shape index (κ2) is 5.77. The topological polar surface area (TPSA) is 114 Å². The Bertz CT molecular complexity index is 531. The third kappa shape index (κ3) is 2.66. The van der Waals surface area contributed by atoms with Gasteiger partial charge in [-0.1, -0.05) is 0 Å². The fraction of sp³-hybridized carbons (Fsp3) is 0.462. The number of likely N-dealkylation sites (N-methyl/N-ethyl adjacent to an activating group) is 1. The van der Waals surface area contributed by atoms with E-state index in [9.17, 15) is 9.59 Å². The molecule has 1 atom stereocenters. The average Bonchev–Trinajstić information content (AvgIpc) is 2.46. The molecule has 1 aliphatic heterocycles. The number of hydrogen-bond acceptors (Lipinski definition) is 5. The summed E-state index contributed by atoms with van der Waals surface area (Å²) in [5.74, 6) is -0.232. The molecule has 2 heterocycles. The minimum Gasteiger partial charge on any atom is -0.396 e. The molecule has 0 aliphatic carbocycles. The Labute approximate surface area is 117 Å². The average molecular weight is 277 g/mol. The minimum absolute atomic E-state index is 0.0737. The molecule has 5 N–H and O–H groups in total. The highest BCUT2D eigenvalue weighted by Crippen LogP contribution is 2.28. The summed E-state index contributed by atoms with van der Waals surface area (Å²) in [5, 5.41) is 2.65. The summed E-state index contributed by atoms with van der Waals surface area (Å²) >= 11 is 0. The van der Waals surface area contributed by atoms with Crippen LogP contribution in [0.15, 0.2) is 12.1 Å². The van der Waals surface area contributed by atoms with Crippen molar-refractivity contribution in [3.63, 3.8) is 0 Å². The summed E-state index contributed by atoms with van der Waals surface area (Å²) in [6.45, 7) is 0.678. The summed E-state index contributed by atoms with van der Waals surface area (Å²) in [6, 6.07) is 2.77. The first kappa shape index (κ1) is 14.1. The normalized spacial score (nSPS) is 18.6. The molecule has 108 valence electrons. The lowest BCUT2D eigenvalue weighted by Gasteiger charge is -2.36. The first-order chi connectivity index (χ1) is 9.54. The number of primary amides is 1. The Morgan fingerprint density at radius 3 is 2.80 bits per heavy atom. The first-order valence-corrected chi connectivity index (χ1v) is 6.59. The van der Waals surface area contributed by atoms with Gasteiger partial charge >= 0.3 is 0 Å². The van der Waals surface area contributed by atoms with Crippen LogP contribution in [0.5, 0.6) is 0 Å². The molecule has 1 aliphatic rings.